The number of ketones is 1. The highest BCUT2D eigenvalue weighted by Crippen LogP contribution is 2.36. The zero-order valence-electron chi connectivity index (χ0n) is 11.0. The molecule has 0 amide bonds. The van der Waals surface area contributed by atoms with Crippen molar-refractivity contribution >= 4 is 17.7 Å². The van der Waals surface area contributed by atoms with Crippen molar-refractivity contribution in [2.45, 2.75) is 33.6 Å². The summed E-state index contributed by atoms with van der Waals surface area (Å²) in [4.78, 5) is 35.3. The molecule has 17 heavy (non-hydrogen) atoms. The van der Waals surface area contributed by atoms with Gasteiger partial charge in [0.2, 0.25) is 0 Å². The van der Waals surface area contributed by atoms with Crippen LogP contribution in [0.2, 0.25) is 0 Å². The van der Waals surface area contributed by atoms with E-state index in [9.17, 15) is 14.4 Å². The van der Waals surface area contributed by atoms with Gasteiger partial charge in [-0.1, -0.05) is 20.3 Å². The summed E-state index contributed by atoms with van der Waals surface area (Å²) >= 11 is 0. The third-order valence-corrected chi connectivity index (χ3v) is 3.12. The summed E-state index contributed by atoms with van der Waals surface area (Å²) in [5, 5.41) is 0. The molecule has 0 saturated carbocycles. The zero-order chi connectivity index (χ0) is 13.6. The lowest BCUT2D eigenvalue weighted by molar-refractivity contribution is -0.170. The lowest BCUT2D eigenvalue weighted by Crippen LogP contribution is -2.47. The number of hydrogen-bond donors (Lipinski definition) is 0. The molecule has 2 atom stereocenters. The molecular weight excluding hydrogens is 224 g/mol. The Kier molecular flexibility index (Phi) is 5.85. The Bertz CT molecular complexity index is 310. The third-order valence-electron chi connectivity index (χ3n) is 3.12. The highest BCUT2D eigenvalue weighted by atomic mass is 16.5. The number of carbonyl (C=O) groups excluding carboxylic acids is 3. The van der Waals surface area contributed by atoms with Gasteiger partial charge < -0.3 is 9.47 Å². The second kappa shape index (κ2) is 6.37. The van der Waals surface area contributed by atoms with Crippen molar-refractivity contribution < 1.29 is 23.9 Å². The molecule has 0 aliphatic carbocycles. The number of esters is 2. The molecule has 0 N–H and O–H groups in total. The van der Waals surface area contributed by atoms with Gasteiger partial charge in [0.1, 0.15) is 11.2 Å². The van der Waals surface area contributed by atoms with Crippen LogP contribution in [0.5, 0.6) is 0 Å². The first-order valence-corrected chi connectivity index (χ1v) is 5.55. The van der Waals surface area contributed by atoms with E-state index in [1.807, 2.05) is 6.92 Å². The van der Waals surface area contributed by atoms with Gasteiger partial charge in [-0.05, 0) is 13.3 Å². The Morgan fingerprint density at radius 1 is 1.18 bits per heavy atom. The molecule has 0 aromatic heterocycles. The van der Waals surface area contributed by atoms with Crippen LogP contribution in [0.25, 0.3) is 0 Å². The monoisotopic (exact) mass is 244 g/mol. The molecule has 5 nitrogen and oxygen atoms in total. The highest BCUT2D eigenvalue weighted by Gasteiger charge is 2.51. The Hall–Kier alpha value is -1.39. The predicted octanol–water partition coefficient (Wildman–Crippen LogP) is 1.34. The Labute approximate surface area is 101 Å². The lowest BCUT2D eigenvalue weighted by Gasteiger charge is -2.32. The quantitative estimate of drug-likeness (QED) is 0.521. The van der Waals surface area contributed by atoms with Gasteiger partial charge in [0.15, 0.2) is 0 Å². The molecule has 98 valence electrons. The van der Waals surface area contributed by atoms with Crippen LogP contribution in [0.15, 0.2) is 0 Å². The van der Waals surface area contributed by atoms with Gasteiger partial charge in [-0.2, -0.15) is 0 Å². The number of Topliss-reactive ketones (excluding diaryl/α,β-unsaturated/α-hetero) is 1. The van der Waals surface area contributed by atoms with Gasteiger partial charge in [0.05, 0.1) is 20.1 Å². The van der Waals surface area contributed by atoms with Gasteiger partial charge in [-0.3, -0.25) is 14.4 Å². The molecule has 0 saturated heterocycles. The van der Waals surface area contributed by atoms with E-state index < -0.39 is 23.3 Å². The van der Waals surface area contributed by atoms with Crippen LogP contribution in [0.3, 0.4) is 0 Å². The molecule has 0 aliphatic heterocycles. The molecule has 5 heteroatoms. The predicted molar refractivity (Wildman–Crippen MR) is 61.2 cm³/mol. The fraction of sp³-hybridized carbons (Fsp3) is 0.750. The fourth-order valence-electron chi connectivity index (χ4n) is 2.07. The smallest absolute Gasteiger partial charge is 0.320 e. The number of rotatable bonds is 6. The van der Waals surface area contributed by atoms with E-state index in [1.54, 1.807) is 0 Å². The molecule has 0 radical (unpaired) electrons. The normalized spacial score (nSPS) is 15.6. The SMILES string of the molecule is CCCC(C(C)=O)(C(=O)OC)C(C)C(=O)OC. The molecule has 0 bridgehead atoms. The number of methoxy groups -OCH3 is 2. The van der Waals surface area contributed by atoms with Crippen LogP contribution in [0, 0.1) is 11.3 Å². The molecule has 0 rings (SSSR count). The van der Waals surface area contributed by atoms with Crippen LogP contribution in [-0.4, -0.2) is 31.9 Å². The van der Waals surface area contributed by atoms with E-state index >= 15 is 0 Å². The minimum Gasteiger partial charge on any atom is -0.469 e. The lowest BCUT2D eigenvalue weighted by atomic mass is 9.70. The number of carbonyl (C=O) groups is 3. The average Bonchev–Trinajstić information content (AvgIpc) is 2.32. The van der Waals surface area contributed by atoms with Crippen molar-refractivity contribution in [2.24, 2.45) is 11.3 Å². The van der Waals surface area contributed by atoms with E-state index in [2.05, 4.69) is 9.47 Å². The van der Waals surface area contributed by atoms with Gasteiger partial charge in [-0.15, -0.1) is 0 Å². The minimum atomic E-state index is -1.43. The highest BCUT2D eigenvalue weighted by molar-refractivity contribution is 6.06. The largest absolute Gasteiger partial charge is 0.469 e. The molecule has 2 unspecified atom stereocenters. The maximum Gasteiger partial charge on any atom is 0.320 e. The summed E-state index contributed by atoms with van der Waals surface area (Å²) in [6.07, 6.45) is 0.862. The second-order valence-corrected chi connectivity index (χ2v) is 4.01. The molecule has 0 aromatic carbocycles. The Morgan fingerprint density at radius 2 is 1.71 bits per heavy atom. The molecular formula is C12H20O5. The average molecular weight is 244 g/mol. The van der Waals surface area contributed by atoms with E-state index in [-0.39, 0.29) is 12.2 Å². The molecule has 0 aliphatic rings. The van der Waals surface area contributed by atoms with Gasteiger partial charge in [-0.25, -0.2) is 0 Å². The van der Waals surface area contributed by atoms with Crippen molar-refractivity contribution in [1.82, 2.24) is 0 Å². The summed E-state index contributed by atoms with van der Waals surface area (Å²) in [5.74, 6) is -2.48. The number of hydrogen-bond acceptors (Lipinski definition) is 5. The standard InChI is InChI=1S/C12H20O5/c1-6-7-12(9(3)13,11(15)17-5)8(2)10(14)16-4/h8H,6-7H2,1-5H3. The van der Waals surface area contributed by atoms with E-state index in [0.29, 0.717) is 6.42 Å². The van der Waals surface area contributed by atoms with Gasteiger partial charge in [0, 0.05) is 0 Å². The maximum absolute atomic E-state index is 11.9. The summed E-state index contributed by atoms with van der Waals surface area (Å²) < 4.78 is 9.29. The molecule has 0 aromatic rings. The van der Waals surface area contributed by atoms with Crippen LogP contribution < -0.4 is 0 Å². The minimum absolute atomic E-state index is 0.269. The van der Waals surface area contributed by atoms with Crippen molar-refractivity contribution in [2.75, 3.05) is 14.2 Å². The summed E-state index contributed by atoms with van der Waals surface area (Å²) in [7, 11) is 2.44. The fourth-order valence-corrected chi connectivity index (χ4v) is 2.07. The van der Waals surface area contributed by atoms with Gasteiger partial charge >= 0.3 is 11.9 Å². The summed E-state index contributed by atoms with van der Waals surface area (Å²) in [6.45, 7) is 4.65. The van der Waals surface area contributed by atoms with E-state index in [1.165, 1.54) is 28.1 Å². The third kappa shape index (κ3) is 2.84. The molecule has 0 fully saturated rings. The van der Waals surface area contributed by atoms with Crippen LogP contribution in [0.1, 0.15) is 33.6 Å². The first-order chi connectivity index (χ1) is 7.88. The van der Waals surface area contributed by atoms with Crippen LogP contribution in [0.4, 0.5) is 0 Å². The van der Waals surface area contributed by atoms with E-state index in [4.69, 9.17) is 0 Å². The maximum atomic E-state index is 11.9. The Morgan fingerprint density at radius 3 is 2.00 bits per heavy atom. The number of ether oxygens (including phenoxy) is 2. The Balaban J connectivity index is 5.54. The van der Waals surface area contributed by atoms with Crippen molar-refractivity contribution in [3.63, 3.8) is 0 Å². The second-order valence-electron chi connectivity index (χ2n) is 4.01. The first-order valence-electron chi connectivity index (χ1n) is 5.55. The van der Waals surface area contributed by atoms with Crippen molar-refractivity contribution in [1.29, 1.82) is 0 Å². The first kappa shape index (κ1) is 15.6. The summed E-state index contributed by atoms with van der Waals surface area (Å²) in [6, 6.07) is 0. The van der Waals surface area contributed by atoms with Crippen molar-refractivity contribution in [3.05, 3.63) is 0 Å². The van der Waals surface area contributed by atoms with E-state index in [0.717, 1.165) is 0 Å². The van der Waals surface area contributed by atoms with Crippen molar-refractivity contribution in [3.8, 4) is 0 Å². The zero-order valence-corrected chi connectivity index (χ0v) is 11.0. The van der Waals surface area contributed by atoms with Gasteiger partial charge in [0.25, 0.3) is 0 Å². The molecule has 0 heterocycles. The topological polar surface area (TPSA) is 69.7 Å². The summed E-state index contributed by atoms with van der Waals surface area (Å²) in [5.41, 5.74) is -1.43. The molecule has 0 spiro atoms. The van der Waals surface area contributed by atoms with Crippen LogP contribution >= 0.6 is 0 Å². The van der Waals surface area contributed by atoms with Crippen LogP contribution in [-0.2, 0) is 23.9 Å².